The highest BCUT2D eigenvalue weighted by Gasteiger charge is 2.20. The molecular weight excluding hydrogens is 316 g/mol. The molecule has 1 saturated heterocycles. The Labute approximate surface area is 146 Å². The summed E-state index contributed by atoms with van der Waals surface area (Å²) in [6.07, 6.45) is 3.69. The van der Waals surface area contributed by atoms with Crippen molar-refractivity contribution in [3.63, 3.8) is 0 Å². The molecule has 25 heavy (non-hydrogen) atoms. The maximum atomic E-state index is 12.8. The Balaban J connectivity index is 1.83. The lowest BCUT2D eigenvalue weighted by Crippen LogP contribution is -2.40. The van der Waals surface area contributed by atoms with Gasteiger partial charge in [0, 0.05) is 54.7 Å². The van der Waals surface area contributed by atoms with Crippen LogP contribution >= 0.6 is 0 Å². The van der Waals surface area contributed by atoms with E-state index in [9.17, 15) is 4.79 Å². The van der Waals surface area contributed by atoms with Crippen molar-refractivity contribution in [2.75, 3.05) is 26.3 Å². The summed E-state index contributed by atoms with van der Waals surface area (Å²) < 4.78 is 7.31. The van der Waals surface area contributed by atoms with Gasteiger partial charge in [-0.1, -0.05) is 0 Å². The number of ether oxygens (including phenoxy) is 1. The minimum Gasteiger partial charge on any atom is -0.378 e. The first-order valence-electron chi connectivity index (χ1n) is 8.39. The lowest BCUT2D eigenvalue weighted by Gasteiger charge is -2.27. The molecule has 0 unspecified atom stereocenters. The zero-order chi connectivity index (χ0) is 17.4. The van der Waals surface area contributed by atoms with E-state index in [2.05, 4.69) is 9.97 Å². The van der Waals surface area contributed by atoms with E-state index in [0.717, 1.165) is 28.0 Å². The number of aromatic nitrogens is 3. The second-order valence-corrected chi connectivity index (χ2v) is 6.31. The average molecular weight is 336 g/mol. The topological polar surface area (TPSA) is 60.2 Å². The van der Waals surface area contributed by atoms with Crippen molar-refractivity contribution in [1.82, 2.24) is 19.4 Å². The Morgan fingerprint density at radius 3 is 2.72 bits per heavy atom. The Bertz CT molecular complexity index is 942. The summed E-state index contributed by atoms with van der Waals surface area (Å²) in [6.45, 7) is 4.43. The van der Waals surface area contributed by atoms with Gasteiger partial charge in [0.2, 0.25) is 0 Å². The number of aryl methyl sites for hydroxylation is 2. The van der Waals surface area contributed by atoms with Gasteiger partial charge in [0.1, 0.15) is 5.82 Å². The number of hydrogen-bond acceptors (Lipinski definition) is 4. The van der Waals surface area contributed by atoms with Crippen LogP contribution in [-0.4, -0.2) is 51.6 Å². The summed E-state index contributed by atoms with van der Waals surface area (Å²) in [5.41, 5.74) is 3.47. The largest absolute Gasteiger partial charge is 0.378 e. The van der Waals surface area contributed by atoms with Crippen molar-refractivity contribution in [3.05, 3.63) is 47.9 Å². The number of pyridine rings is 1. The van der Waals surface area contributed by atoms with Gasteiger partial charge in [-0.05, 0) is 31.2 Å². The van der Waals surface area contributed by atoms with Crippen molar-refractivity contribution < 1.29 is 9.53 Å². The number of hydrogen-bond donors (Lipinski definition) is 0. The fraction of sp³-hybridized carbons (Fsp3) is 0.316. The number of amides is 1. The summed E-state index contributed by atoms with van der Waals surface area (Å²) in [5.74, 6) is 0.906. The number of carbonyl (C=O) groups is 1. The number of carbonyl (C=O) groups excluding carboxylic acids is 1. The van der Waals surface area contributed by atoms with Crippen molar-refractivity contribution in [1.29, 1.82) is 0 Å². The molecule has 1 aliphatic rings. The summed E-state index contributed by atoms with van der Waals surface area (Å²) in [7, 11) is 1.96. The highest BCUT2D eigenvalue weighted by molar-refractivity contribution is 6.01. The molecule has 0 saturated carbocycles. The molecule has 1 amide bonds. The summed E-state index contributed by atoms with van der Waals surface area (Å²) in [5, 5.41) is 0.944. The second-order valence-electron chi connectivity index (χ2n) is 6.31. The van der Waals surface area contributed by atoms with Gasteiger partial charge >= 0.3 is 0 Å². The van der Waals surface area contributed by atoms with Crippen LogP contribution in [0.25, 0.3) is 22.3 Å². The van der Waals surface area contributed by atoms with Crippen molar-refractivity contribution >= 4 is 16.8 Å². The number of morpholine rings is 1. The van der Waals surface area contributed by atoms with Crippen molar-refractivity contribution in [2.24, 2.45) is 7.05 Å². The molecule has 0 bridgehead atoms. The van der Waals surface area contributed by atoms with Gasteiger partial charge in [0.05, 0.1) is 18.7 Å². The van der Waals surface area contributed by atoms with E-state index in [1.54, 1.807) is 6.20 Å². The fourth-order valence-electron chi connectivity index (χ4n) is 3.25. The van der Waals surface area contributed by atoms with Gasteiger partial charge in [-0.15, -0.1) is 0 Å². The predicted molar refractivity (Wildman–Crippen MR) is 95.4 cm³/mol. The number of fused-ring (bicyclic) bond motifs is 1. The second kappa shape index (κ2) is 6.29. The minimum absolute atomic E-state index is 0.0385. The van der Waals surface area contributed by atoms with Gasteiger partial charge in [0.25, 0.3) is 5.91 Å². The summed E-state index contributed by atoms with van der Waals surface area (Å²) >= 11 is 0. The first kappa shape index (κ1) is 15.8. The van der Waals surface area contributed by atoms with Crippen LogP contribution in [-0.2, 0) is 11.8 Å². The predicted octanol–water partition coefficient (Wildman–Crippen LogP) is 2.42. The highest BCUT2D eigenvalue weighted by atomic mass is 16.5. The van der Waals surface area contributed by atoms with Gasteiger partial charge in [0.15, 0.2) is 0 Å². The third-order valence-corrected chi connectivity index (χ3v) is 4.54. The molecule has 3 aromatic rings. The standard InChI is InChI=1S/C19H20N4O2/c1-13-11-16(18-20-5-6-22(18)2)15-12-14(3-4-17(15)21-13)19(24)23-7-9-25-10-8-23/h3-6,11-12H,7-10H2,1-2H3. The van der Waals surface area contributed by atoms with Gasteiger partial charge in [-0.3, -0.25) is 9.78 Å². The van der Waals surface area contributed by atoms with Gasteiger partial charge in [-0.2, -0.15) is 0 Å². The van der Waals surface area contributed by atoms with E-state index < -0.39 is 0 Å². The minimum atomic E-state index is 0.0385. The van der Waals surface area contributed by atoms with E-state index >= 15 is 0 Å². The Morgan fingerprint density at radius 1 is 1.20 bits per heavy atom. The molecule has 3 heterocycles. The zero-order valence-electron chi connectivity index (χ0n) is 14.4. The molecule has 0 spiro atoms. The van der Waals surface area contributed by atoms with Crippen molar-refractivity contribution in [3.8, 4) is 11.4 Å². The molecule has 0 N–H and O–H groups in total. The van der Waals surface area contributed by atoms with E-state index in [-0.39, 0.29) is 5.91 Å². The third kappa shape index (κ3) is 2.89. The van der Waals surface area contributed by atoms with Crippen LogP contribution < -0.4 is 0 Å². The molecule has 1 fully saturated rings. The molecule has 6 heteroatoms. The molecular formula is C19H20N4O2. The number of benzene rings is 1. The molecule has 1 aliphatic heterocycles. The fourth-order valence-corrected chi connectivity index (χ4v) is 3.25. The monoisotopic (exact) mass is 336 g/mol. The lowest BCUT2D eigenvalue weighted by molar-refractivity contribution is 0.0303. The molecule has 1 aromatic carbocycles. The Kier molecular flexibility index (Phi) is 3.97. The maximum absolute atomic E-state index is 12.8. The molecule has 4 rings (SSSR count). The molecule has 0 radical (unpaired) electrons. The highest BCUT2D eigenvalue weighted by Crippen LogP contribution is 2.28. The quantitative estimate of drug-likeness (QED) is 0.721. The number of rotatable bonds is 2. The zero-order valence-corrected chi connectivity index (χ0v) is 14.4. The maximum Gasteiger partial charge on any atom is 0.254 e. The molecule has 0 atom stereocenters. The van der Waals surface area contributed by atoms with Crippen molar-refractivity contribution in [2.45, 2.75) is 6.92 Å². The number of imidazole rings is 1. The van der Waals surface area contributed by atoms with E-state index in [1.807, 2.05) is 53.9 Å². The average Bonchev–Trinajstić information content (AvgIpc) is 3.06. The van der Waals surface area contributed by atoms with E-state index in [1.165, 1.54) is 0 Å². The van der Waals surface area contributed by atoms with E-state index in [4.69, 9.17) is 4.74 Å². The van der Waals surface area contributed by atoms with Gasteiger partial charge < -0.3 is 14.2 Å². The third-order valence-electron chi connectivity index (χ3n) is 4.54. The molecule has 2 aromatic heterocycles. The molecule has 6 nitrogen and oxygen atoms in total. The Hall–Kier alpha value is -2.73. The summed E-state index contributed by atoms with van der Waals surface area (Å²) in [4.78, 5) is 23.7. The first-order valence-corrected chi connectivity index (χ1v) is 8.39. The Morgan fingerprint density at radius 2 is 2.00 bits per heavy atom. The smallest absolute Gasteiger partial charge is 0.254 e. The van der Waals surface area contributed by atoms with E-state index in [0.29, 0.717) is 31.9 Å². The van der Waals surface area contributed by atoms with Crippen LogP contribution in [0.3, 0.4) is 0 Å². The first-order chi connectivity index (χ1) is 12.1. The summed E-state index contributed by atoms with van der Waals surface area (Å²) in [6, 6.07) is 7.73. The normalized spacial score (nSPS) is 14.9. The van der Waals surface area contributed by atoms with Crippen LogP contribution in [0.4, 0.5) is 0 Å². The van der Waals surface area contributed by atoms with Crippen LogP contribution in [0.2, 0.25) is 0 Å². The van der Waals surface area contributed by atoms with Crippen LogP contribution in [0.15, 0.2) is 36.7 Å². The number of nitrogens with zero attached hydrogens (tertiary/aromatic N) is 4. The SMILES string of the molecule is Cc1cc(-c2nccn2C)c2cc(C(=O)N3CCOCC3)ccc2n1. The molecule has 128 valence electrons. The molecule has 0 aliphatic carbocycles. The van der Waals surface area contributed by atoms with Gasteiger partial charge in [-0.25, -0.2) is 4.98 Å². The van der Waals surface area contributed by atoms with Crippen LogP contribution in [0.5, 0.6) is 0 Å². The lowest BCUT2D eigenvalue weighted by atomic mass is 10.0. The van der Waals surface area contributed by atoms with Crippen LogP contribution in [0.1, 0.15) is 16.1 Å². The van der Waals surface area contributed by atoms with Crippen LogP contribution in [0, 0.1) is 6.92 Å².